The number of hydrogen-bond donors (Lipinski definition) is 1. The molecule has 21 heavy (non-hydrogen) atoms. The van der Waals surface area contributed by atoms with Gasteiger partial charge in [-0.25, -0.2) is 4.39 Å². The lowest BCUT2D eigenvalue weighted by molar-refractivity contribution is 0.0742. The lowest BCUT2D eigenvalue weighted by Gasteiger charge is -2.25. The minimum Gasteiger partial charge on any atom is -0.335 e. The second-order valence-electron chi connectivity index (χ2n) is 5.07. The summed E-state index contributed by atoms with van der Waals surface area (Å²) in [6.45, 7) is 5.73. The molecule has 1 amide bonds. The number of carbonyl (C=O) groups is 1. The van der Waals surface area contributed by atoms with E-state index in [1.54, 1.807) is 11.9 Å². The van der Waals surface area contributed by atoms with Gasteiger partial charge in [0.1, 0.15) is 5.82 Å². The number of aromatic nitrogens is 2. The Bertz CT molecular complexity index is 664. The number of rotatable bonds is 3. The van der Waals surface area contributed by atoms with Crippen molar-refractivity contribution in [2.24, 2.45) is 0 Å². The fourth-order valence-corrected chi connectivity index (χ4v) is 2.56. The van der Waals surface area contributed by atoms with E-state index in [0.717, 1.165) is 17.0 Å². The molecule has 1 atom stereocenters. The van der Waals surface area contributed by atoms with Gasteiger partial charge in [0.15, 0.2) is 0 Å². The maximum absolute atomic E-state index is 13.2. The van der Waals surface area contributed by atoms with Crippen LogP contribution in [0.2, 0.25) is 5.02 Å². The maximum Gasteiger partial charge on any atom is 0.254 e. The van der Waals surface area contributed by atoms with E-state index in [2.05, 4.69) is 10.2 Å². The molecule has 4 nitrogen and oxygen atoms in total. The third-order valence-corrected chi connectivity index (χ3v) is 3.96. The molecule has 0 aliphatic heterocycles. The van der Waals surface area contributed by atoms with Gasteiger partial charge in [-0.3, -0.25) is 9.89 Å². The Kier molecular flexibility index (Phi) is 4.32. The van der Waals surface area contributed by atoms with Crippen LogP contribution in [0.3, 0.4) is 0 Å². The van der Waals surface area contributed by atoms with Crippen molar-refractivity contribution in [3.05, 3.63) is 51.6 Å². The zero-order valence-electron chi connectivity index (χ0n) is 12.4. The van der Waals surface area contributed by atoms with E-state index in [1.807, 2.05) is 20.8 Å². The van der Waals surface area contributed by atoms with E-state index in [0.29, 0.717) is 5.56 Å². The Hall–Kier alpha value is -1.88. The number of carbonyl (C=O) groups excluding carboxylic acids is 1. The van der Waals surface area contributed by atoms with Gasteiger partial charge >= 0.3 is 0 Å². The average molecular weight is 310 g/mol. The minimum atomic E-state index is -0.537. The van der Waals surface area contributed by atoms with E-state index in [1.165, 1.54) is 18.2 Å². The smallest absolute Gasteiger partial charge is 0.254 e. The molecule has 0 saturated carbocycles. The fraction of sp³-hybridized carbons (Fsp3) is 0.333. The molecule has 0 bridgehead atoms. The molecule has 1 aromatic carbocycles. The summed E-state index contributed by atoms with van der Waals surface area (Å²) in [5, 5.41) is 7.00. The Morgan fingerprint density at radius 3 is 2.62 bits per heavy atom. The molecular weight excluding hydrogens is 293 g/mol. The van der Waals surface area contributed by atoms with Crippen molar-refractivity contribution < 1.29 is 9.18 Å². The third kappa shape index (κ3) is 2.93. The number of nitrogens with zero attached hydrogens (tertiary/aromatic N) is 2. The lowest BCUT2D eigenvalue weighted by atomic mass is 10.0. The molecule has 112 valence electrons. The third-order valence-electron chi connectivity index (χ3n) is 3.67. The van der Waals surface area contributed by atoms with E-state index in [9.17, 15) is 9.18 Å². The standard InChI is InChI=1S/C15H17ClFN3O/c1-8-14(9(2)19-18-8)10(3)20(4)15(21)11-5-6-13(17)12(16)7-11/h5-7,10H,1-4H3,(H,18,19)/t10-/m0/s1. The van der Waals surface area contributed by atoms with Crippen LogP contribution >= 0.6 is 11.6 Å². The Balaban J connectivity index is 2.28. The molecule has 2 aromatic rings. The predicted octanol–water partition coefficient (Wildman–Crippen LogP) is 3.65. The van der Waals surface area contributed by atoms with E-state index in [-0.39, 0.29) is 17.0 Å². The van der Waals surface area contributed by atoms with Gasteiger partial charge in [0, 0.05) is 23.9 Å². The largest absolute Gasteiger partial charge is 0.335 e. The number of benzene rings is 1. The summed E-state index contributed by atoms with van der Waals surface area (Å²) in [5.41, 5.74) is 3.13. The van der Waals surface area contributed by atoms with Crippen LogP contribution in [0.4, 0.5) is 4.39 Å². The molecular formula is C15H17ClFN3O. The number of nitrogens with one attached hydrogen (secondary N) is 1. The second-order valence-corrected chi connectivity index (χ2v) is 5.48. The van der Waals surface area contributed by atoms with Gasteiger partial charge in [-0.1, -0.05) is 11.6 Å². The molecule has 0 aliphatic rings. The minimum absolute atomic E-state index is 0.0578. The van der Waals surface area contributed by atoms with Gasteiger partial charge in [0.25, 0.3) is 5.91 Å². The molecule has 1 aromatic heterocycles. The van der Waals surface area contributed by atoms with Crippen LogP contribution in [0.5, 0.6) is 0 Å². The first-order valence-corrected chi connectivity index (χ1v) is 6.94. The van der Waals surface area contributed by atoms with E-state index in [4.69, 9.17) is 11.6 Å². The molecule has 0 spiro atoms. The van der Waals surface area contributed by atoms with Crippen molar-refractivity contribution >= 4 is 17.5 Å². The summed E-state index contributed by atoms with van der Waals surface area (Å²) in [6.07, 6.45) is 0. The number of halogens is 2. The molecule has 0 saturated heterocycles. The zero-order valence-corrected chi connectivity index (χ0v) is 13.1. The summed E-state index contributed by atoms with van der Waals surface area (Å²) >= 11 is 5.73. The van der Waals surface area contributed by atoms with Gasteiger partial charge in [0.2, 0.25) is 0 Å². The van der Waals surface area contributed by atoms with Crippen molar-refractivity contribution in [2.75, 3.05) is 7.05 Å². The molecule has 2 rings (SSSR count). The molecule has 0 radical (unpaired) electrons. The molecule has 1 heterocycles. The van der Waals surface area contributed by atoms with Crippen molar-refractivity contribution in [2.45, 2.75) is 26.8 Å². The molecule has 0 aliphatic carbocycles. The van der Waals surface area contributed by atoms with Crippen molar-refractivity contribution in [3.8, 4) is 0 Å². The number of H-pyrrole nitrogens is 1. The quantitative estimate of drug-likeness (QED) is 0.940. The highest BCUT2D eigenvalue weighted by molar-refractivity contribution is 6.31. The van der Waals surface area contributed by atoms with Crippen LogP contribution < -0.4 is 0 Å². The van der Waals surface area contributed by atoms with Crippen LogP contribution in [0.1, 0.15) is 40.3 Å². The van der Waals surface area contributed by atoms with Crippen LogP contribution in [0, 0.1) is 19.7 Å². The Labute approximate surface area is 127 Å². The molecule has 0 fully saturated rings. The number of hydrogen-bond acceptors (Lipinski definition) is 2. The number of aryl methyl sites for hydroxylation is 2. The SMILES string of the molecule is Cc1n[nH]c(C)c1[C@H](C)N(C)C(=O)c1ccc(F)c(Cl)c1. The highest BCUT2D eigenvalue weighted by Crippen LogP contribution is 2.26. The summed E-state index contributed by atoms with van der Waals surface area (Å²) in [7, 11) is 1.70. The normalized spacial score (nSPS) is 12.3. The highest BCUT2D eigenvalue weighted by Gasteiger charge is 2.23. The van der Waals surface area contributed by atoms with Gasteiger partial charge in [-0.15, -0.1) is 0 Å². The zero-order chi connectivity index (χ0) is 15.7. The van der Waals surface area contributed by atoms with Crippen LogP contribution in [0.15, 0.2) is 18.2 Å². The first-order valence-electron chi connectivity index (χ1n) is 6.56. The topological polar surface area (TPSA) is 49.0 Å². The lowest BCUT2D eigenvalue weighted by Crippen LogP contribution is -2.30. The van der Waals surface area contributed by atoms with Crippen molar-refractivity contribution in [3.63, 3.8) is 0 Å². The van der Waals surface area contributed by atoms with Crippen LogP contribution in [-0.4, -0.2) is 28.1 Å². The van der Waals surface area contributed by atoms with Gasteiger partial charge in [0.05, 0.1) is 16.8 Å². The summed E-state index contributed by atoms with van der Waals surface area (Å²) < 4.78 is 13.2. The second kappa shape index (κ2) is 5.85. The maximum atomic E-state index is 13.2. The van der Waals surface area contributed by atoms with E-state index >= 15 is 0 Å². The van der Waals surface area contributed by atoms with Gasteiger partial charge in [-0.05, 0) is 39.0 Å². The Morgan fingerprint density at radius 2 is 2.10 bits per heavy atom. The van der Waals surface area contributed by atoms with Crippen molar-refractivity contribution in [1.29, 1.82) is 0 Å². The summed E-state index contributed by atoms with van der Waals surface area (Å²) in [5.74, 6) is -0.755. The first kappa shape index (κ1) is 15.5. The predicted molar refractivity (Wildman–Crippen MR) is 80.0 cm³/mol. The highest BCUT2D eigenvalue weighted by atomic mass is 35.5. The summed E-state index contributed by atoms with van der Waals surface area (Å²) in [6, 6.07) is 3.82. The van der Waals surface area contributed by atoms with Crippen molar-refractivity contribution in [1.82, 2.24) is 15.1 Å². The van der Waals surface area contributed by atoms with Gasteiger partial charge in [-0.2, -0.15) is 5.10 Å². The molecule has 0 unspecified atom stereocenters. The monoisotopic (exact) mass is 309 g/mol. The number of amides is 1. The summed E-state index contributed by atoms with van der Waals surface area (Å²) in [4.78, 5) is 14.1. The number of aromatic amines is 1. The molecule has 1 N–H and O–H groups in total. The van der Waals surface area contributed by atoms with Gasteiger partial charge < -0.3 is 4.90 Å². The molecule has 6 heteroatoms. The first-order chi connectivity index (χ1) is 9.82. The average Bonchev–Trinajstić information content (AvgIpc) is 2.79. The van der Waals surface area contributed by atoms with E-state index < -0.39 is 5.82 Å². The van der Waals surface area contributed by atoms with Crippen LogP contribution in [-0.2, 0) is 0 Å². The Morgan fingerprint density at radius 1 is 1.43 bits per heavy atom. The van der Waals surface area contributed by atoms with Crippen LogP contribution in [0.25, 0.3) is 0 Å². The fourth-order valence-electron chi connectivity index (χ4n) is 2.38.